The van der Waals surface area contributed by atoms with E-state index < -0.39 is 5.97 Å². The predicted octanol–water partition coefficient (Wildman–Crippen LogP) is 2.52. The minimum absolute atomic E-state index is 0.120. The maximum atomic E-state index is 11.3. The van der Waals surface area contributed by atoms with Crippen LogP contribution in [-0.4, -0.2) is 22.7 Å². The number of aromatic nitrogens is 1. The van der Waals surface area contributed by atoms with Crippen molar-refractivity contribution in [1.82, 2.24) is 4.98 Å². The Morgan fingerprint density at radius 1 is 1.44 bits per heavy atom. The second kappa shape index (κ2) is 5.31. The van der Waals surface area contributed by atoms with Crippen LogP contribution in [0.5, 0.6) is 5.75 Å². The van der Waals surface area contributed by atoms with Crippen LogP contribution in [0.3, 0.4) is 0 Å². The van der Waals surface area contributed by atoms with Gasteiger partial charge in [-0.2, -0.15) is 0 Å². The molecule has 0 saturated heterocycles. The number of phenolic OH excluding ortho intramolecular Hbond substituents is 1. The first-order valence-corrected chi connectivity index (χ1v) is 5.63. The van der Waals surface area contributed by atoms with Crippen LogP contribution in [0.25, 0.3) is 16.8 Å². The molecule has 0 fully saturated rings. The van der Waals surface area contributed by atoms with Gasteiger partial charge in [-0.25, -0.2) is 4.79 Å². The van der Waals surface area contributed by atoms with Crippen molar-refractivity contribution >= 4 is 22.8 Å². The number of esters is 1. The molecule has 0 bridgehead atoms. The molecule has 0 unspecified atom stereocenters. The standard InChI is InChI=1S/C14H13NO3/c1-2-18-14(17)6-4-12-11-7-8-15-9-10(11)3-5-13(12)16/h3-9,16H,2H2,1H3/b6-4+. The van der Waals surface area contributed by atoms with Crippen molar-refractivity contribution in [3.05, 3.63) is 42.2 Å². The minimum Gasteiger partial charge on any atom is -0.507 e. The van der Waals surface area contributed by atoms with E-state index in [4.69, 9.17) is 4.74 Å². The smallest absolute Gasteiger partial charge is 0.330 e. The van der Waals surface area contributed by atoms with Gasteiger partial charge in [0, 0.05) is 29.4 Å². The first-order valence-electron chi connectivity index (χ1n) is 5.63. The van der Waals surface area contributed by atoms with E-state index in [0.717, 1.165) is 10.8 Å². The van der Waals surface area contributed by atoms with Gasteiger partial charge in [0.25, 0.3) is 0 Å². The third kappa shape index (κ3) is 2.48. The number of nitrogens with zero attached hydrogens (tertiary/aromatic N) is 1. The largest absolute Gasteiger partial charge is 0.507 e. The number of carbonyl (C=O) groups is 1. The van der Waals surface area contributed by atoms with Crippen molar-refractivity contribution in [1.29, 1.82) is 0 Å². The SMILES string of the molecule is CCOC(=O)/C=C/c1c(O)ccc2cnccc12. The van der Waals surface area contributed by atoms with Crippen molar-refractivity contribution in [3.8, 4) is 5.75 Å². The van der Waals surface area contributed by atoms with Crippen molar-refractivity contribution in [2.24, 2.45) is 0 Å². The molecule has 1 aromatic carbocycles. The van der Waals surface area contributed by atoms with E-state index in [-0.39, 0.29) is 5.75 Å². The second-order valence-electron chi connectivity index (χ2n) is 3.68. The number of ether oxygens (including phenoxy) is 1. The number of phenols is 1. The van der Waals surface area contributed by atoms with Crippen LogP contribution < -0.4 is 0 Å². The lowest BCUT2D eigenvalue weighted by Crippen LogP contribution is -1.98. The molecule has 0 atom stereocenters. The number of benzene rings is 1. The summed E-state index contributed by atoms with van der Waals surface area (Å²) in [7, 11) is 0. The number of rotatable bonds is 3. The molecule has 0 aliphatic rings. The first kappa shape index (κ1) is 12.1. The van der Waals surface area contributed by atoms with Crippen LogP contribution in [-0.2, 0) is 9.53 Å². The molecule has 18 heavy (non-hydrogen) atoms. The molecule has 2 rings (SSSR count). The average molecular weight is 243 g/mol. The zero-order valence-corrected chi connectivity index (χ0v) is 9.96. The number of aromatic hydroxyl groups is 1. The van der Waals surface area contributed by atoms with Gasteiger partial charge in [0.05, 0.1) is 6.61 Å². The molecule has 4 nitrogen and oxygen atoms in total. The van der Waals surface area contributed by atoms with E-state index in [1.807, 2.05) is 0 Å². The van der Waals surface area contributed by atoms with Gasteiger partial charge in [-0.1, -0.05) is 0 Å². The zero-order chi connectivity index (χ0) is 13.0. The van der Waals surface area contributed by atoms with E-state index in [1.165, 1.54) is 6.08 Å². The highest BCUT2D eigenvalue weighted by Crippen LogP contribution is 2.27. The van der Waals surface area contributed by atoms with Crippen molar-refractivity contribution < 1.29 is 14.6 Å². The van der Waals surface area contributed by atoms with Crippen LogP contribution in [0.15, 0.2) is 36.7 Å². The molecule has 0 aliphatic carbocycles. The van der Waals surface area contributed by atoms with E-state index in [1.54, 1.807) is 43.6 Å². The number of hydrogen-bond donors (Lipinski definition) is 1. The average Bonchev–Trinajstić information content (AvgIpc) is 2.38. The lowest BCUT2D eigenvalue weighted by molar-refractivity contribution is -0.137. The Morgan fingerprint density at radius 2 is 2.28 bits per heavy atom. The highest BCUT2D eigenvalue weighted by Gasteiger charge is 2.04. The van der Waals surface area contributed by atoms with Crippen molar-refractivity contribution in [2.75, 3.05) is 6.61 Å². The molecule has 2 aromatic rings. The summed E-state index contributed by atoms with van der Waals surface area (Å²) in [5, 5.41) is 11.6. The summed E-state index contributed by atoms with van der Waals surface area (Å²) < 4.78 is 4.80. The summed E-state index contributed by atoms with van der Waals surface area (Å²) in [6, 6.07) is 5.15. The van der Waals surface area contributed by atoms with Gasteiger partial charge in [0.15, 0.2) is 0 Å². The maximum absolute atomic E-state index is 11.3. The fourth-order valence-corrected chi connectivity index (χ4v) is 1.70. The molecule has 92 valence electrons. The number of pyridine rings is 1. The van der Waals surface area contributed by atoms with Gasteiger partial charge in [-0.15, -0.1) is 0 Å². The second-order valence-corrected chi connectivity index (χ2v) is 3.68. The summed E-state index contributed by atoms with van der Waals surface area (Å²) >= 11 is 0. The fraction of sp³-hybridized carbons (Fsp3) is 0.143. The highest BCUT2D eigenvalue weighted by atomic mass is 16.5. The van der Waals surface area contributed by atoms with Crippen molar-refractivity contribution in [2.45, 2.75) is 6.92 Å². The van der Waals surface area contributed by atoms with E-state index >= 15 is 0 Å². The van der Waals surface area contributed by atoms with Crippen LogP contribution in [0.2, 0.25) is 0 Å². The molecule has 4 heteroatoms. The molecule has 0 aliphatic heterocycles. The third-order valence-electron chi connectivity index (χ3n) is 2.51. The zero-order valence-electron chi connectivity index (χ0n) is 9.96. The van der Waals surface area contributed by atoms with Crippen molar-refractivity contribution in [3.63, 3.8) is 0 Å². The molecule has 0 saturated carbocycles. The molecular weight excluding hydrogens is 230 g/mol. The van der Waals surface area contributed by atoms with Crippen LogP contribution in [0.4, 0.5) is 0 Å². The third-order valence-corrected chi connectivity index (χ3v) is 2.51. The van der Waals surface area contributed by atoms with Gasteiger partial charge in [0.2, 0.25) is 0 Å². The van der Waals surface area contributed by atoms with Gasteiger partial charge in [-0.3, -0.25) is 4.98 Å². The topological polar surface area (TPSA) is 59.4 Å². The first-order chi connectivity index (χ1) is 8.72. The van der Waals surface area contributed by atoms with Gasteiger partial charge >= 0.3 is 5.97 Å². The highest BCUT2D eigenvalue weighted by molar-refractivity contribution is 5.96. The Morgan fingerprint density at radius 3 is 3.06 bits per heavy atom. The van der Waals surface area contributed by atoms with Crippen LogP contribution in [0, 0.1) is 0 Å². The lowest BCUT2D eigenvalue weighted by Gasteiger charge is -2.04. The molecule has 1 heterocycles. The fourth-order valence-electron chi connectivity index (χ4n) is 1.70. The molecular formula is C14H13NO3. The predicted molar refractivity (Wildman–Crippen MR) is 69.1 cm³/mol. The Balaban J connectivity index is 2.43. The molecule has 0 radical (unpaired) electrons. The van der Waals surface area contributed by atoms with Crippen LogP contribution in [0.1, 0.15) is 12.5 Å². The molecule has 0 spiro atoms. The summed E-state index contributed by atoms with van der Waals surface area (Å²) in [4.78, 5) is 15.3. The number of carbonyl (C=O) groups excluding carboxylic acids is 1. The number of fused-ring (bicyclic) bond motifs is 1. The van der Waals surface area contributed by atoms with Gasteiger partial charge in [-0.05, 0) is 36.6 Å². The minimum atomic E-state index is -0.428. The molecule has 1 aromatic heterocycles. The van der Waals surface area contributed by atoms with E-state index in [0.29, 0.717) is 12.2 Å². The summed E-state index contributed by atoms with van der Waals surface area (Å²) in [6.45, 7) is 2.07. The Labute approximate surface area is 105 Å². The quantitative estimate of drug-likeness (QED) is 0.664. The van der Waals surface area contributed by atoms with E-state index in [2.05, 4.69) is 4.98 Å². The summed E-state index contributed by atoms with van der Waals surface area (Å²) in [5.41, 5.74) is 0.586. The lowest BCUT2D eigenvalue weighted by atomic mass is 10.1. The van der Waals surface area contributed by atoms with Gasteiger partial charge < -0.3 is 9.84 Å². The Bertz CT molecular complexity index is 605. The number of hydrogen-bond acceptors (Lipinski definition) is 4. The van der Waals surface area contributed by atoms with E-state index in [9.17, 15) is 9.90 Å². The Hall–Kier alpha value is -2.36. The summed E-state index contributed by atoms with van der Waals surface area (Å²) in [5.74, 6) is -0.308. The molecule has 0 amide bonds. The summed E-state index contributed by atoms with van der Waals surface area (Å²) in [6.07, 6.45) is 6.20. The Kier molecular flexibility index (Phi) is 3.57. The van der Waals surface area contributed by atoms with Crippen LogP contribution >= 0.6 is 0 Å². The van der Waals surface area contributed by atoms with Gasteiger partial charge in [0.1, 0.15) is 5.75 Å². The molecule has 1 N–H and O–H groups in total. The normalized spacial score (nSPS) is 10.9. The monoisotopic (exact) mass is 243 g/mol. The maximum Gasteiger partial charge on any atom is 0.330 e.